The Hall–Kier alpha value is -3.79. The molecule has 0 aliphatic heterocycles. The van der Waals surface area contributed by atoms with Crippen molar-refractivity contribution < 1.29 is 28.5 Å². The maximum Gasteiger partial charge on any atom is 0.308 e. The van der Waals surface area contributed by atoms with Crippen molar-refractivity contribution in [2.24, 2.45) is 5.10 Å². The van der Waals surface area contributed by atoms with E-state index in [0.29, 0.717) is 17.2 Å². The van der Waals surface area contributed by atoms with Crippen LogP contribution < -0.4 is 14.9 Å². The van der Waals surface area contributed by atoms with Crippen LogP contribution in [-0.4, -0.2) is 45.1 Å². The summed E-state index contributed by atoms with van der Waals surface area (Å²) in [4.78, 5) is 22.3. The van der Waals surface area contributed by atoms with Gasteiger partial charge in [0.2, 0.25) is 5.71 Å². The molecule has 0 aromatic heterocycles. The van der Waals surface area contributed by atoms with Gasteiger partial charge in [0.1, 0.15) is 29.3 Å². The van der Waals surface area contributed by atoms with Gasteiger partial charge in [-0.3, -0.25) is 15.0 Å². The average molecular weight is 374 g/mol. The number of methoxy groups -OCH3 is 2. The summed E-state index contributed by atoms with van der Waals surface area (Å²) in [5.74, 6) is -0.125. The van der Waals surface area contributed by atoms with Gasteiger partial charge in [0, 0.05) is 6.07 Å². The Morgan fingerprint density at radius 2 is 1.63 bits per heavy atom. The lowest BCUT2D eigenvalue weighted by Crippen LogP contribution is -2.09. The van der Waals surface area contributed by atoms with Crippen LogP contribution in [0.3, 0.4) is 0 Å². The van der Waals surface area contributed by atoms with E-state index in [-0.39, 0.29) is 31.8 Å². The highest BCUT2D eigenvalue weighted by atomic mass is 16.5. The number of esters is 2. The Morgan fingerprint density at radius 3 is 2.19 bits per heavy atom. The molecular weight excluding hydrogens is 356 g/mol. The van der Waals surface area contributed by atoms with Crippen LogP contribution in [0.5, 0.6) is 11.5 Å². The molecule has 1 N–H and O–H groups in total. The maximum absolute atomic E-state index is 11.2. The minimum Gasteiger partial charge on any atom is -0.493 e. The molecule has 10 heteroatoms. The summed E-state index contributed by atoms with van der Waals surface area (Å²) in [5.41, 5.74) is 2.47. The highest BCUT2D eigenvalue weighted by Gasteiger charge is 2.09. The zero-order valence-electron chi connectivity index (χ0n) is 14.9. The van der Waals surface area contributed by atoms with Gasteiger partial charge < -0.3 is 18.9 Å². The summed E-state index contributed by atoms with van der Waals surface area (Å²) in [6, 6.07) is 7.90. The van der Waals surface area contributed by atoms with Crippen molar-refractivity contribution in [3.63, 3.8) is 0 Å². The molecule has 0 unspecified atom stereocenters. The fourth-order valence-electron chi connectivity index (χ4n) is 1.70. The van der Waals surface area contributed by atoms with Gasteiger partial charge in [-0.15, -0.1) is 0 Å². The second-order valence-corrected chi connectivity index (χ2v) is 4.80. The molecule has 0 spiro atoms. The Balaban J connectivity index is 2.88. The number of hydrogen-bond donors (Lipinski definition) is 1. The van der Waals surface area contributed by atoms with Gasteiger partial charge >= 0.3 is 11.9 Å². The second-order valence-electron chi connectivity index (χ2n) is 4.80. The van der Waals surface area contributed by atoms with E-state index >= 15 is 0 Å². The van der Waals surface area contributed by atoms with Gasteiger partial charge in [-0.2, -0.15) is 15.6 Å². The summed E-state index contributed by atoms with van der Waals surface area (Å²) in [5, 5.41) is 21.2. The third kappa shape index (κ3) is 7.75. The smallest absolute Gasteiger partial charge is 0.308 e. The van der Waals surface area contributed by atoms with Crippen LogP contribution in [0.15, 0.2) is 23.3 Å². The molecule has 1 aromatic carbocycles. The molecule has 0 saturated heterocycles. The normalized spacial score (nSPS) is 9.19. The van der Waals surface area contributed by atoms with Crippen LogP contribution in [0.2, 0.25) is 0 Å². The van der Waals surface area contributed by atoms with Gasteiger partial charge in [0.05, 0.1) is 40.3 Å². The number of nitriles is 2. The summed E-state index contributed by atoms with van der Waals surface area (Å²) in [6.07, 6.45) is 0.111. The van der Waals surface area contributed by atoms with Crippen LogP contribution in [0.1, 0.15) is 12.8 Å². The van der Waals surface area contributed by atoms with E-state index in [1.807, 2.05) is 0 Å². The number of anilines is 1. The topological polar surface area (TPSA) is 143 Å². The third-order valence-electron chi connectivity index (χ3n) is 3.04. The second kappa shape index (κ2) is 11.7. The number of nitrogens with one attached hydrogen (secondary N) is 1. The molecular formula is C17H18N4O6. The Bertz CT molecular complexity index is 763. The van der Waals surface area contributed by atoms with Crippen molar-refractivity contribution >= 4 is 23.3 Å². The molecule has 0 fully saturated rings. The van der Waals surface area contributed by atoms with Crippen LogP contribution in [-0.2, 0) is 19.1 Å². The minimum absolute atomic E-state index is 0.0399. The summed E-state index contributed by atoms with van der Waals surface area (Å²) >= 11 is 0. The molecule has 0 heterocycles. The summed E-state index contributed by atoms with van der Waals surface area (Å²) in [7, 11) is 2.56. The van der Waals surface area contributed by atoms with Crippen molar-refractivity contribution in [1.29, 1.82) is 10.5 Å². The molecule has 10 nitrogen and oxygen atoms in total. The van der Waals surface area contributed by atoms with E-state index in [9.17, 15) is 9.59 Å². The van der Waals surface area contributed by atoms with E-state index in [1.54, 1.807) is 24.3 Å². The number of nitrogens with zero attached hydrogens (tertiary/aromatic N) is 3. The van der Waals surface area contributed by atoms with Gasteiger partial charge in [0.25, 0.3) is 0 Å². The highest BCUT2D eigenvalue weighted by molar-refractivity contribution is 6.10. The lowest BCUT2D eigenvalue weighted by molar-refractivity contribution is -0.142. The zero-order valence-corrected chi connectivity index (χ0v) is 14.9. The fourth-order valence-corrected chi connectivity index (χ4v) is 1.70. The first-order valence-corrected chi connectivity index (χ1v) is 7.71. The van der Waals surface area contributed by atoms with Crippen molar-refractivity contribution in [3.8, 4) is 23.6 Å². The maximum atomic E-state index is 11.2. The molecule has 0 saturated carbocycles. The molecule has 142 valence electrons. The minimum atomic E-state index is -0.429. The number of ether oxygens (including phenoxy) is 4. The van der Waals surface area contributed by atoms with E-state index in [4.69, 9.17) is 20.0 Å². The number of hydrazone groups is 1. The number of rotatable bonds is 10. The molecule has 0 aliphatic rings. The highest BCUT2D eigenvalue weighted by Crippen LogP contribution is 2.29. The number of benzene rings is 1. The number of carbonyl (C=O) groups is 2. The summed E-state index contributed by atoms with van der Waals surface area (Å²) < 4.78 is 20.0. The van der Waals surface area contributed by atoms with E-state index < -0.39 is 11.9 Å². The third-order valence-corrected chi connectivity index (χ3v) is 3.04. The van der Waals surface area contributed by atoms with Crippen LogP contribution in [0, 0.1) is 22.7 Å². The van der Waals surface area contributed by atoms with Crippen LogP contribution >= 0.6 is 0 Å². The fraction of sp³-hybridized carbons (Fsp3) is 0.353. The quantitative estimate of drug-likeness (QED) is 0.365. The van der Waals surface area contributed by atoms with E-state index in [2.05, 4.69) is 20.0 Å². The Morgan fingerprint density at radius 1 is 1.04 bits per heavy atom. The van der Waals surface area contributed by atoms with Gasteiger partial charge in [-0.05, 0) is 12.1 Å². The molecule has 1 aromatic rings. The van der Waals surface area contributed by atoms with Crippen molar-refractivity contribution in [1.82, 2.24) is 0 Å². The molecule has 0 bridgehead atoms. The van der Waals surface area contributed by atoms with Gasteiger partial charge in [0.15, 0.2) is 0 Å². The lowest BCUT2D eigenvalue weighted by Gasteiger charge is -2.13. The molecule has 0 amide bonds. The molecule has 27 heavy (non-hydrogen) atoms. The Labute approximate surface area is 155 Å². The lowest BCUT2D eigenvalue weighted by atomic mass is 10.2. The SMILES string of the molecule is COC(=O)CCOc1ccc(OCCC(=O)OC)c(NN=C(C#N)C#N)c1. The predicted molar refractivity (Wildman–Crippen MR) is 93.0 cm³/mol. The average Bonchev–Trinajstić information content (AvgIpc) is 2.69. The van der Waals surface area contributed by atoms with E-state index in [1.165, 1.54) is 20.3 Å². The monoisotopic (exact) mass is 374 g/mol. The molecule has 1 rings (SSSR count). The van der Waals surface area contributed by atoms with Gasteiger partial charge in [-0.1, -0.05) is 0 Å². The summed E-state index contributed by atoms with van der Waals surface area (Å²) in [6.45, 7) is 0.149. The predicted octanol–water partition coefficient (Wildman–Crippen LogP) is 1.39. The zero-order chi connectivity index (χ0) is 20.1. The number of hydrogen-bond acceptors (Lipinski definition) is 10. The van der Waals surface area contributed by atoms with Gasteiger partial charge in [-0.25, -0.2) is 0 Å². The molecule has 0 aliphatic carbocycles. The first-order valence-electron chi connectivity index (χ1n) is 7.71. The Kier molecular flexibility index (Phi) is 9.22. The van der Waals surface area contributed by atoms with Crippen molar-refractivity contribution in [2.45, 2.75) is 12.8 Å². The first-order chi connectivity index (χ1) is 13.0. The van der Waals surface area contributed by atoms with Crippen molar-refractivity contribution in [3.05, 3.63) is 18.2 Å². The van der Waals surface area contributed by atoms with Crippen LogP contribution in [0.4, 0.5) is 5.69 Å². The number of carbonyl (C=O) groups excluding carboxylic acids is 2. The molecule has 0 radical (unpaired) electrons. The molecule has 0 atom stereocenters. The van der Waals surface area contributed by atoms with E-state index in [0.717, 1.165) is 0 Å². The standard InChI is InChI=1S/C17H18N4O6/c1-24-16(22)5-7-26-13-3-4-15(27-8-6-17(23)25-2)14(9-13)21-20-12(10-18)11-19/h3-4,9,21H,5-8H2,1-2H3. The first kappa shape index (κ1) is 21.3. The van der Waals surface area contributed by atoms with Crippen molar-refractivity contribution in [2.75, 3.05) is 32.9 Å². The van der Waals surface area contributed by atoms with Crippen LogP contribution in [0.25, 0.3) is 0 Å². The largest absolute Gasteiger partial charge is 0.493 e.